The summed E-state index contributed by atoms with van der Waals surface area (Å²) in [4.78, 5) is 0. The molecule has 3 heteroatoms. The Balaban J connectivity index is 2.58. The van der Waals surface area contributed by atoms with Crippen LogP contribution in [0.3, 0.4) is 0 Å². The normalized spacial score (nSPS) is 27.7. The summed E-state index contributed by atoms with van der Waals surface area (Å²) in [7, 11) is 2.10. The fourth-order valence-electron chi connectivity index (χ4n) is 2.15. The van der Waals surface area contributed by atoms with E-state index in [1.165, 1.54) is 23.5 Å². The summed E-state index contributed by atoms with van der Waals surface area (Å²) < 4.78 is 0. The van der Waals surface area contributed by atoms with Gasteiger partial charge in [0, 0.05) is 28.0 Å². The lowest BCUT2D eigenvalue weighted by Gasteiger charge is -2.36. The summed E-state index contributed by atoms with van der Waals surface area (Å²) in [6, 6.07) is 0.607. The second-order valence-electron chi connectivity index (χ2n) is 4.36. The Morgan fingerprint density at radius 2 is 2.06 bits per heavy atom. The van der Waals surface area contributed by atoms with E-state index in [-0.39, 0.29) is 0 Å². The van der Waals surface area contributed by atoms with Crippen molar-refractivity contribution in [1.29, 1.82) is 0 Å². The summed E-state index contributed by atoms with van der Waals surface area (Å²) in [6.45, 7) is 8.67. The van der Waals surface area contributed by atoms with Crippen LogP contribution in [-0.4, -0.2) is 35.1 Å². The van der Waals surface area contributed by atoms with Crippen molar-refractivity contribution >= 4 is 23.5 Å². The van der Waals surface area contributed by atoms with Gasteiger partial charge in [-0.1, -0.05) is 26.0 Å². The molecule has 1 saturated heterocycles. The first-order valence-electron chi connectivity index (χ1n) is 6.30. The monoisotopic (exact) mass is 259 g/mol. The Morgan fingerprint density at radius 3 is 2.62 bits per heavy atom. The molecule has 3 atom stereocenters. The first-order chi connectivity index (χ1) is 7.72. The van der Waals surface area contributed by atoms with E-state index in [1.807, 2.05) is 0 Å². The SMILES string of the molecule is C=C(CC)CC(NC)C1SCCSC1CC. The number of hydrogen-bond acceptors (Lipinski definition) is 3. The molecule has 1 aliphatic rings. The number of thioether (sulfide) groups is 2. The highest BCUT2D eigenvalue weighted by Gasteiger charge is 2.31. The van der Waals surface area contributed by atoms with Gasteiger partial charge in [-0.05, 0) is 26.3 Å². The molecule has 1 nitrogen and oxygen atoms in total. The maximum atomic E-state index is 4.15. The van der Waals surface area contributed by atoms with Gasteiger partial charge in [0.2, 0.25) is 0 Å². The first kappa shape index (κ1) is 14.5. The number of rotatable bonds is 6. The lowest BCUT2D eigenvalue weighted by Crippen LogP contribution is -2.43. The lowest BCUT2D eigenvalue weighted by atomic mass is 10.00. The second-order valence-corrected chi connectivity index (χ2v) is 6.99. The lowest BCUT2D eigenvalue weighted by molar-refractivity contribution is 0.512. The van der Waals surface area contributed by atoms with Gasteiger partial charge in [0.05, 0.1) is 0 Å². The molecule has 94 valence electrons. The number of hydrogen-bond donors (Lipinski definition) is 1. The maximum absolute atomic E-state index is 4.15. The molecule has 0 saturated carbocycles. The van der Waals surface area contributed by atoms with Crippen LogP contribution >= 0.6 is 23.5 Å². The van der Waals surface area contributed by atoms with Gasteiger partial charge in [-0.15, -0.1) is 0 Å². The molecule has 0 amide bonds. The molecule has 0 spiro atoms. The van der Waals surface area contributed by atoms with Gasteiger partial charge in [0.25, 0.3) is 0 Å². The van der Waals surface area contributed by atoms with Crippen molar-refractivity contribution in [2.75, 3.05) is 18.6 Å². The summed E-state index contributed by atoms with van der Waals surface area (Å²) in [5.41, 5.74) is 1.38. The van der Waals surface area contributed by atoms with E-state index in [9.17, 15) is 0 Å². The van der Waals surface area contributed by atoms with Crippen LogP contribution in [0.25, 0.3) is 0 Å². The number of nitrogens with one attached hydrogen (secondary N) is 1. The highest BCUT2D eigenvalue weighted by molar-refractivity contribution is 8.07. The Bertz CT molecular complexity index is 218. The van der Waals surface area contributed by atoms with Crippen LogP contribution in [0.15, 0.2) is 12.2 Å². The fourth-order valence-corrected chi connectivity index (χ4v) is 5.45. The van der Waals surface area contributed by atoms with Gasteiger partial charge < -0.3 is 5.32 Å². The zero-order chi connectivity index (χ0) is 12.0. The molecular formula is C13H25NS2. The first-order valence-corrected chi connectivity index (χ1v) is 8.39. The molecule has 0 bridgehead atoms. The largest absolute Gasteiger partial charge is 0.316 e. The summed E-state index contributed by atoms with van der Waals surface area (Å²) in [5, 5.41) is 5.09. The van der Waals surface area contributed by atoms with Crippen LogP contribution in [0.1, 0.15) is 33.1 Å². The minimum Gasteiger partial charge on any atom is -0.316 e. The molecule has 0 aromatic rings. The van der Waals surface area contributed by atoms with Gasteiger partial charge in [-0.25, -0.2) is 0 Å². The van der Waals surface area contributed by atoms with Crippen molar-refractivity contribution in [3.8, 4) is 0 Å². The summed E-state index contributed by atoms with van der Waals surface area (Å²) >= 11 is 4.32. The molecule has 0 radical (unpaired) electrons. The molecular weight excluding hydrogens is 234 g/mol. The van der Waals surface area contributed by atoms with Crippen molar-refractivity contribution in [2.24, 2.45) is 0 Å². The highest BCUT2D eigenvalue weighted by atomic mass is 32.2. The molecule has 1 aliphatic heterocycles. The van der Waals surface area contributed by atoms with Crippen LogP contribution in [0.2, 0.25) is 0 Å². The van der Waals surface area contributed by atoms with E-state index in [1.54, 1.807) is 0 Å². The van der Waals surface area contributed by atoms with Crippen molar-refractivity contribution in [3.63, 3.8) is 0 Å². The Kier molecular flexibility index (Phi) is 6.94. The Hall–Kier alpha value is 0.400. The van der Waals surface area contributed by atoms with E-state index in [0.29, 0.717) is 6.04 Å². The van der Waals surface area contributed by atoms with Crippen molar-refractivity contribution in [1.82, 2.24) is 5.32 Å². The minimum atomic E-state index is 0.607. The van der Waals surface area contributed by atoms with Gasteiger partial charge in [-0.3, -0.25) is 0 Å². The fraction of sp³-hybridized carbons (Fsp3) is 0.846. The van der Waals surface area contributed by atoms with Gasteiger partial charge >= 0.3 is 0 Å². The van der Waals surface area contributed by atoms with Crippen molar-refractivity contribution in [3.05, 3.63) is 12.2 Å². The third-order valence-corrected chi connectivity index (χ3v) is 6.68. The standard InChI is InChI=1S/C13H25NS2/c1-5-10(3)9-11(14-4)13-12(6-2)15-7-8-16-13/h11-14H,3,5-9H2,1-2,4H3. The average molecular weight is 259 g/mol. The molecule has 3 unspecified atom stereocenters. The second kappa shape index (κ2) is 7.67. The molecule has 1 N–H and O–H groups in total. The minimum absolute atomic E-state index is 0.607. The van der Waals surface area contributed by atoms with Gasteiger partial charge in [0.15, 0.2) is 0 Å². The molecule has 0 aromatic carbocycles. The predicted octanol–water partition coefficient (Wildman–Crippen LogP) is 3.56. The maximum Gasteiger partial charge on any atom is 0.0323 e. The molecule has 0 aliphatic carbocycles. The highest BCUT2D eigenvalue weighted by Crippen LogP contribution is 2.36. The van der Waals surface area contributed by atoms with Crippen LogP contribution in [-0.2, 0) is 0 Å². The topological polar surface area (TPSA) is 12.0 Å². The zero-order valence-corrected chi connectivity index (χ0v) is 12.4. The van der Waals surface area contributed by atoms with E-state index in [4.69, 9.17) is 0 Å². The smallest absolute Gasteiger partial charge is 0.0323 e. The quantitative estimate of drug-likeness (QED) is 0.733. The van der Waals surface area contributed by atoms with Crippen LogP contribution < -0.4 is 5.32 Å². The van der Waals surface area contributed by atoms with Crippen molar-refractivity contribution < 1.29 is 0 Å². The van der Waals surface area contributed by atoms with Crippen LogP contribution in [0.5, 0.6) is 0 Å². The average Bonchev–Trinajstić information content (AvgIpc) is 2.35. The molecule has 1 heterocycles. The zero-order valence-electron chi connectivity index (χ0n) is 10.8. The van der Waals surface area contributed by atoms with E-state index >= 15 is 0 Å². The Morgan fingerprint density at radius 1 is 1.38 bits per heavy atom. The summed E-state index contributed by atoms with van der Waals surface area (Å²) in [5.74, 6) is 2.63. The molecule has 1 fully saturated rings. The third kappa shape index (κ3) is 4.01. The van der Waals surface area contributed by atoms with Gasteiger partial charge in [0.1, 0.15) is 0 Å². The van der Waals surface area contributed by atoms with E-state index < -0.39 is 0 Å². The van der Waals surface area contributed by atoms with E-state index in [0.717, 1.165) is 23.3 Å². The van der Waals surface area contributed by atoms with Crippen LogP contribution in [0, 0.1) is 0 Å². The van der Waals surface area contributed by atoms with Crippen molar-refractivity contribution in [2.45, 2.75) is 49.7 Å². The van der Waals surface area contributed by atoms with Gasteiger partial charge in [-0.2, -0.15) is 23.5 Å². The Labute approximate surface area is 109 Å². The molecule has 0 aromatic heterocycles. The third-order valence-electron chi connectivity index (χ3n) is 3.27. The van der Waals surface area contributed by atoms with Crippen LogP contribution in [0.4, 0.5) is 0 Å². The van der Waals surface area contributed by atoms with E-state index in [2.05, 4.69) is 56.3 Å². The molecule has 1 rings (SSSR count). The summed E-state index contributed by atoms with van der Waals surface area (Å²) in [6.07, 6.45) is 3.54. The molecule has 16 heavy (non-hydrogen) atoms. The predicted molar refractivity (Wildman–Crippen MR) is 79.7 cm³/mol.